The first-order valence-corrected chi connectivity index (χ1v) is 8.91. The molecule has 2 aromatic rings. The summed E-state index contributed by atoms with van der Waals surface area (Å²) in [6, 6.07) is 7.91. The lowest BCUT2D eigenvalue weighted by atomic mass is 9.94. The number of amides is 1. The van der Waals surface area contributed by atoms with E-state index in [9.17, 15) is 22.8 Å². The van der Waals surface area contributed by atoms with Gasteiger partial charge in [-0.2, -0.15) is 13.2 Å². The zero-order valence-corrected chi connectivity index (χ0v) is 16.3. The number of carbonyl (C=O) groups is 2. The van der Waals surface area contributed by atoms with Gasteiger partial charge in [-0.25, -0.2) is 0 Å². The summed E-state index contributed by atoms with van der Waals surface area (Å²) in [4.78, 5) is 24.4. The Hall–Kier alpha value is -3.03. The number of rotatable bonds is 7. The summed E-state index contributed by atoms with van der Waals surface area (Å²) >= 11 is 0. The van der Waals surface area contributed by atoms with Crippen molar-refractivity contribution >= 4 is 11.9 Å². The van der Waals surface area contributed by atoms with Crippen LogP contribution < -0.4 is 4.74 Å². The minimum absolute atomic E-state index is 0.117. The summed E-state index contributed by atoms with van der Waals surface area (Å²) in [5, 5.41) is 9.05. The van der Waals surface area contributed by atoms with E-state index in [1.807, 2.05) is 0 Å². The minimum Gasteiger partial charge on any atom is -0.496 e. The molecule has 29 heavy (non-hydrogen) atoms. The number of hydrogen-bond acceptors (Lipinski definition) is 3. The molecular formula is C21H22F3NO4. The van der Waals surface area contributed by atoms with Crippen LogP contribution in [0, 0.1) is 0 Å². The summed E-state index contributed by atoms with van der Waals surface area (Å²) < 4.78 is 45.3. The molecule has 0 fully saturated rings. The maximum absolute atomic E-state index is 13.3. The normalized spacial score (nSPS) is 11.2. The lowest BCUT2D eigenvalue weighted by Gasteiger charge is -2.23. The molecule has 2 rings (SSSR count). The van der Waals surface area contributed by atoms with E-state index >= 15 is 0 Å². The number of aliphatic carboxylic acids is 1. The van der Waals surface area contributed by atoms with Gasteiger partial charge in [0.05, 0.1) is 19.1 Å². The number of ether oxygens (including phenoxy) is 1. The van der Waals surface area contributed by atoms with E-state index in [1.54, 1.807) is 13.0 Å². The molecule has 1 N–H and O–H groups in total. The summed E-state index contributed by atoms with van der Waals surface area (Å²) in [5.74, 6) is -0.949. The molecule has 0 atom stereocenters. The molecule has 0 unspecified atom stereocenters. The zero-order chi connectivity index (χ0) is 21.8. The molecule has 0 radical (unpaired) electrons. The first-order chi connectivity index (χ1) is 13.6. The van der Waals surface area contributed by atoms with E-state index in [-0.39, 0.29) is 24.4 Å². The van der Waals surface area contributed by atoms with Gasteiger partial charge in [0.1, 0.15) is 5.75 Å². The van der Waals surface area contributed by atoms with Crippen molar-refractivity contribution < 1.29 is 32.6 Å². The number of carboxylic acids is 1. The highest BCUT2D eigenvalue weighted by molar-refractivity contribution is 5.78. The van der Waals surface area contributed by atoms with Crippen molar-refractivity contribution in [1.82, 2.24) is 4.90 Å². The quantitative estimate of drug-likeness (QED) is 0.737. The molecule has 0 heterocycles. The third kappa shape index (κ3) is 5.49. The van der Waals surface area contributed by atoms with Crippen molar-refractivity contribution in [2.75, 3.05) is 13.7 Å². The fourth-order valence-corrected chi connectivity index (χ4v) is 3.04. The Bertz CT molecular complexity index is 909. The standard InChI is InChI=1S/C21H22F3NO4/c1-4-25(13(2)26)12-15-6-7-16(21(22,23)24)11-17(15)18-9-14(10-20(27)28)5-8-19(18)29-3/h5-9,11H,4,10,12H2,1-3H3,(H,27,28). The monoisotopic (exact) mass is 409 g/mol. The molecule has 0 spiro atoms. The average Bonchev–Trinajstić information content (AvgIpc) is 2.64. The second kappa shape index (κ2) is 8.98. The van der Waals surface area contributed by atoms with E-state index in [1.165, 1.54) is 37.1 Å². The van der Waals surface area contributed by atoms with Crippen LogP contribution in [-0.4, -0.2) is 35.5 Å². The van der Waals surface area contributed by atoms with Crippen LogP contribution in [-0.2, 0) is 28.7 Å². The number of methoxy groups -OCH3 is 1. The largest absolute Gasteiger partial charge is 0.496 e. The molecule has 0 aliphatic carbocycles. The Morgan fingerprint density at radius 1 is 1.10 bits per heavy atom. The van der Waals surface area contributed by atoms with Gasteiger partial charge in [0.2, 0.25) is 5.91 Å². The van der Waals surface area contributed by atoms with Crippen molar-refractivity contribution in [3.05, 3.63) is 53.1 Å². The summed E-state index contributed by atoms with van der Waals surface area (Å²) in [5.41, 5.74) is 0.666. The number of benzene rings is 2. The average molecular weight is 409 g/mol. The zero-order valence-electron chi connectivity index (χ0n) is 16.3. The van der Waals surface area contributed by atoms with Crippen LogP contribution in [0.25, 0.3) is 11.1 Å². The highest BCUT2D eigenvalue weighted by atomic mass is 19.4. The predicted octanol–water partition coefficient (Wildman–Crippen LogP) is 4.38. The Kier molecular flexibility index (Phi) is 6.89. The number of carbonyl (C=O) groups excluding carboxylic acids is 1. The fraction of sp³-hybridized carbons (Fsp3) is 0.333. The molecule has 8 heteroatoms. The number of halogens is 3. The number of nitrogens with zero attached hydrogens (tertiary/aromatic N) is 1. The van der Waals surface area contributed by atoms with Crippen LogP contribution in [0.2, 0.25) is 0 Å². The van der Waals surface area contributed by atoms with Crippen LogP contribution in [0.3, 0.4) is 0 Å². The summed E-state index contributed by atoms with van der Waals surface area (Å²) in [6.45, 7) is 3.68. The van der Waals surface area contributed by atoms with Gasteiger partial charge >= 0.3 is 12.1 Å². The van der Waals surface area contributed by atoms with E-state index in [0.717, 1.165) is 12.1 Å². The summed E-state index contributed by atoms with van der Waals surface area (Å²) in [6.07, 6.45) is -4.83. The Morgan fingerprint density at radius 2 is 1.79 bits per heavy atom. The molecule has 2 aromatic carbocycles. The van der Waals surface area contributed by atoms with Crippen LogP contribution in [0.4, 0.5) is 13.2 Å². The molecule has 0 aromatic heterocycles. The molecule has 156 valence electrons. The molecule has 0 saturated heterocycles. The van der Waals surface area contributed by atoms with E-state index in [4.69, 9.17) is 9.84 Å². The molecule has 0 bridgehead atoms. The second-order valence-electron chi connectivity index (χ2n) is 6.51. The van der Waals surface area contributed by atoms with Crippen molar-refractivity contribution in [3.63, 3.8) is 0 Å². The number of alkyl halides is 3. The predicted molar refractivity (Wildman–Crippen MR) is 102 cm³/mol. The van der Waals surface area contributed by atoms with Gasteiger partial charge in [0.25, 0.3) is 0 Å². The van der Waals surface area contributed by atoms with Gasteiger partial charge in [0.15, 0.2) is 0 Å². The van der Waals surface area contributed by atoms with Gasteiger partial charge in [-0.05, 0) is 47.9 Å². The van der Waals surface area contributed by atoms with Gasteiger partial charge in [-0.15, -0.1) is 0 Å². The third-order valence-corrected chi connectivity index (χ3v) is 4.53. The Balaban J connectivity index is 2.69. The highest BCUT2D eigenvalue weighted by Crippen LogP contribution is 2.38. The third-order valence-electron chi connectivity index (χ3n) is 4.53. The first kappa shape index (κ1) is 22.3. The molecule has 0 aliphatic heterocycles. The molecule has 5 nitrogen and oxygen atoms in total. The number of hydrogen-bond donors (Lipinski definition) is 1. The second-order valence-corrected chi connectivity index (χ2v) is 6.51. The molecule has 1 amide bonds. The van der Waals surface area contributed by atoms with E-state index in [0.29, 0.717) is 29.0 Å². The Labute approximate surface area is 166 Å². The van der Waals surface area contributed by atoms with Crippen LogP contribution in [0.5, 0.6) is 5.75 Å². The van der Waals surface area contributed by atoms with Gasteiger partial charge in [-0.3, -0.25) is 9.59 Å². The maximum atomic E-state index is 13.3. The fourth-order valence-electron chi connectivity index (χ4n) is 3.04. The van der Waals surface area contributed by atoms with Gasteiger partial charge < -0.3 is 14.7 Å². The van der Waals surface area contributed by atoms with Crippen molar-refractivity contribution in [1.29, 1.82) is 0 Å². The van der Waals surface area contributed by atoms with Gasteiger partial charge in [0, 0.05) is 25.6 Å². The van der Waals surface area contributed by atoms with Crippen molar-refractivity contribution in [3.8, 4) is 16.9 Å². The van der Waals surface area contributed by atoms with E-state index < -0.39 is 17.7 Å². The molecule has 0 saturated carbocycles. The topological polar surface area (TPSA) is 66.8 Å². The molecular weight excluding hydrogens is 387 g/mol. The lowest BCUT2D eigenvalue weighted by Crippen LogP contribution is -2.28. The van der Waals surface area contributed by atoms with Gasteiger partial charge in [-0.1, -0.05) is 12.1 Å². The first-order valence-electron chi connectivity index (χ1n) is 8.91. The maximum Gasteiger partial charge on any atom is 0.416 e. The van der Waals surface area contributed by atoms with Crippen molar-refractivity contribution in [2.24, 2.45) is 0 Å². The highest BCUT2D eigenvalue weighted by Gasteiger charge is 2.31. The Morgan fingerprint density at radius 3 is 2.31 bits per heavy atom. The number of carboxylic acid groups (broad SMARTS) is 1. The summed E-state index contributed by atoms with van der Waals surface area (Å²) in [7, 11) is 1.39. The SMILES string of the molecule is CCN(Cc1ccc(C(F)(F)F)cc1-c1cc(CC(=O)O)ccc1OC)C(C)=O. The van der Waals surface area contributed by atoms with Crippen LogP contribution in [0.1, 0.15) is 30.5 Å². The van der Waals surface area contributed by atoms with Crippen LogP contribution in [0.15, 0.2) is 36.4 Å². The van der Waals surface area contributed by atoms with E-state index in [2.05, 4.69) is 0 Å². The van der Waals surface area contributed by atoms with Crippen molar-refractivity contribution in [2.45, 2.75) is 33.0 Å². The lowest BCUT2D eigenvalue weighted by molar-refractivity contribution is -0.138. The minimum atomic E-state index is -4.55. The molecule has 0 aliphatic rings. The van der Waals surface area contributed by atoms with Crippen LogP contribution >= 0.6 is 0 Å². The smallest absolute Gasteiger partial charge is 0.416 e.